The first-order chi connectivity index (χ1) is 9.09. The van der Waals surface area contributed by atoms with Crippen LogP contribution in [0.3, 0.4) is 0 Å². The predicted molar refractivity (Wildman–Crippen MR) is 77.0 cm³/mol. The van der Waals surface area contributed by atoms with Crippen molar-refractivity contribution >= 4 is 15.9 Å². The number of hydrogen-bond acceptors (Lipinski definition) is 4. The topological polar surface area (TPSA) is 61.7 Å². The normalized spacial score (nSPS) is 20.2. The fourth-order valence-corrected chi connectivity index (χ4v) is 2.62. The van der Waals surface area contributed by atoms with E-state index in [1.165, 1.54) is 0 Å². The fraction of sp³-hybridized carbons (Fsp3) is 0.571. The first-order valence-corrected chi connectivity index (χ1v) is 7.33. The molecule has 1 aliphatic heterocycles. The smallest absolute Gasteiger partial charge is 0.0914 e. The molecule has 0 saturated carbocycles. The summed E-state index contributed by atoms with van der Waals surface area (Å²) in [6.07, 6.45) is 0.723. The van der Waals surface area contributed by atoms with E-state index in [0.717, 1.165) is 10.0 Å². The lowest BCUT2D eigenvalue weighted by Gasteiger charge is -2.32. The van der Waals surface area contributed by atoms with Gasteiger partial charge in [0.2, 0.25) is 0 Å². The molecule has 1 aromatic carbocycles. The Balaban J connectivity index is 1.79. The van der Waals surface area contributed by atoms with Crippen molar-refractivity contribution in [3.05, 3.63) is 34.3 Å². The number of nitrogens with one attached hydrogen (secondary N) is 1. The zero-order valence-corrected chi connectivity index (χ0v) is 12.4. The van der Waals surface area contributed by atoms with Gasteiger partial charge in [-0.25, -0.2) is 0 Å². The van der Waals surface area contributed by atoms with Crippen molar-refractivity contribution in [2.75, 3.05) is 26.3 Å². The van der Waals surface area contributed by atoms with Gasteiger partial charge in [-0.3, -0.25) is 0 Å². The third-order valence-corrected chi connectivity index (χ3v) is 3.94. The molecule has 19 heavy (non-hydrogen) atoms. The van der Waals surface area contributed by atoms with E-state index in [-0.39, 0.29) is 0 Å². The largest absolute Gasteiger partial charge is 0.388 e. The van der Waals surface area contributed by atoms with Gasteiger partial charge in [0.05, 0.1) is 11.7 Å². The second kappa shape index (κ2) is 6.81. The summed E-state index contributed by atoms with van der Waals surface area (Å²) in [5.41, 5.74) is 0.163. The van der Waals surface area contributed by atoms with Gasteiger partial charge in [-0.15, -0.1) is 0 Å². The third-order valence-electron chi connectivity index (χ3n) is 3.45. The minimum absolute atomic E-state index is 0.430. The summed E-state index contributed by atoms with van der Waals surface area (Å²) in [4.78, 5) is 0. The average molecular weight is 330 g/mol. The number of benzene rings is 1. The summed E-state index contributed by atoms with van der Waals surface area (Å²) in [6.45, 7) is 2.12. The Morgan fingerprint density at radius 2 is 2.11 bits per heavy atom. The van der Waals surface area contributed by atoms with Crippen molar-refractivity contribution < 1.29 is 14.9 Å². The van der Waals surface area contributed by atoms with E-state index in [0.29, 0.717) is 39.1 Å². The lowest BCUT2D eigenvalue weighted by atomic mass is 9.94. The van der Waals surface area contributed by atoms with Crippen molar-refractivity contribution in [1.29, 1.82) is 0 Å². The lowest BCUT2D eigenvalue weighted by Crippen LogP contribution is -2.45. The fourth-order valence-electron chi connectivity index (χ4n) is 2.20. The third kappa shape index (κ3) is 4.54. The highest BCUT2D eigenvalue weighted by Crippen LogP contribution is 2.20. The molecule has 2 rings (SSSR count). The number of aliphatic hydroxyl groups excluding tert-OH is 1. The Hall–Kier alpha value is -0.460. The summed E-state index contributed by atoms with van der Waals surface area (Å²) >= 11 is 3.38. The van der Waals surface area contributed by atoms with E-state index in [9.17, 15) is 10.2 Å². The van der Waals surface area contributed by atoms with E-state index >= 15 is 0 Å². The molecular formula is C14H20BrNO3. The highest BCUT2D eigenvalue weighted by molar-refractivity contribution is 9.10. The number of hydrogen-bond donors (Lipinski definition) is 3. The number of rotatable bonds is 5. The number of aliphatic hydroxyl groups is 2. The molecule has 0 radical (unpaired) electrons. The molecule has 0 spiro atoms. The zero-order valence-electron chi connectivity index (χ0n) is 10.8. The SMILES string of the molecule is OC(CNCC1(O)CCOCC1)c1cccc(Br)c1. The van der Waals surface area contributed by atoms with Crippen LogP contribution in [-0.2, 0) is 4.74 Å². The molecule has 0 aliphatic carbocycles. The van der Waals surface area contributed by atoms with E-state index in [1.807, 2.05) is 24.3 Å². The molecule has 1 saturated heterocycles. The van der Waals surface area contributed by atoms with E-state index in [4.69, 9.17) is 4.74 Å². The molecule has 1 aromatic rings. The van der Waals surface area contributed by atoms with Gasteiger partial charge in [0.1, 0.15) is 0 Å². The van der Waals surface area contributed by atoms with Gasteiger partial charge in [0.15, 0.2) is 0 Å². The van der Waals surface area contributed by atoms with Crippen LogP contribution < -0.4 is 5.32 Å². The van der Waals surface area contributed by atoms with E-state index < -0.39 is 11.7 Å². The summed E-state index contributed by atoms with van der Waals surface area (Å²) < 4.78 is 6.18. The van der Waals surface area contributed by atoms with Crippen LogP contribution in [0.2, 0.25) is 0 Å². The molecule has 0 amide bonds. The van der Waals surface area contributed by atoms with Crippen LogP contribution in [-0.4, -0.2) is 42.1 Å². The van der Waals surface area contributed by atoms with Gasteiger partial charge in [-0.05, 0) is 17.7 Å². The molecule has 0 aromatic heterocycles. The molecule has 1 fully saturated rings. The van der Waals surface area contributed by atoms with Crippen molar-refractivity contribution in [2.24, 2.45) is 0 Å². The maximum absolute atomic E-state index is 10.3. The van der Waals surface area contributed by atoms with Crippen molar-refractivity contribution in [3.63, 3.8) is 0 Å². The number of ether oxygens (including phenoxy) is 1. The average Bonchev–Trinajstić information content (AvgIpc) is 2.39. The van der Waals surface area contributed by atoms with Crippen LogP contribution in [0.15, 0.2) is 28.7 Å². The van der Waals surface area contributed by atoms with Crippen molar-refractivity contribution in [2.45, 2.75) is 24.5 Å². The second-order valence-corrected chi connectivity index (χ2v) is 5.95. The summed E-state index contributed by atoms with van der Waals surface area (Å²) in [7, 11) is 0. The zero-order chi connectivity index (χ0) is 13.7. The number of halogens is 1. The standard InChI is InChI=1S/C14H20BrNO3/c15-12-3-1-2-11(8-12)13(17)9-16-10-14(18)4-6-19-7-5-14/h1-3,8,13,16-18H,4-7,9-10H2. The first-order valence-electron chi connectivity index (χ1n) is 6.53. The summed E-state index contributed by atoms with van der Waals surface area (Å²) in [5.74, 6) is 0. The summed E-state index contributed by atoms with van der Waals surface area (Å²) in [5, 5.41) is 23.5. The Morgan fingerprint density at radius 1 is 1.37 bits per heavy atom. The Labute approximate surface area is 121 Å². The van der Waals surface area contributed by atoms with Gasteiger partial charge < -0.3 is 20.3 Å². The van der Waals surface area contributed by atoms with Gasteiger partial charge in [0, 0.05) is 43.6 Å². The van der Waals surface area contributed by atoms with Gasteiger partial charge in [-0.1, -0.05) is 28.1 Å². The minimum Gasteiger partial charge on any atom is -0.388 e. The van der Waals surface area contributed by atoms with Crippen LogP contribution in [0, 0.1) is 0 Å². The van der Waals surface area contributed by atoms with Crippen molar-refractivity contribution in [1.82, 2.24) is 5.32 Å². The molecule has 1 unspecified atom stereocenters. The quantitative estimate of drug-likeness (QED) is 0.768. The van der Waals surface area contributed by atoms with Gasteiger partial charge >= 0.3 is 0 Å². The van der Waals surface area contributed by atoms with Gasteiger partial charge in [-0.2, -0.15) is 0 Å². The summed E-state index contributed by atoms with van der Waals surface area (Å²) in [6, 6.07) is 7.61. The molecule has 1 atom stereocenters. The van der Waals surface area contributed by atoms with Crippen LogP contribution in [0.5, 0.6) is 0 Å². The molecule has 3 N–H and O–H groups in total. The Kier molecular flexibility index (Phi) is 5.36. The highest BCUT2D eigenvalue weighted by Gasteiger charge is 2.29. The predicted octanol–water partition coefficient (Wildman–Crippen LogP) is 1.61. The van der Waals surface area contributed by atoms with Crippen LogP contribution in [0.25, 0.3) is 0 Å². The molecule has 5 heteroatoms. The molecule has 106 valence electrons. The van der Waals surface area contributed by atoms with Gasteiger partial charge in [0.25, 0.3) is 0 Å². The molecular weight excluding hydrogens is 310 g/mol. The maximum atomic E-state index is 10.3. The van der Waals surface area contributed by atoms with Crippen LogP contribution in [0.4, 0.5) is 0 Å². The highest BCUT2D eigenvalue weighted by atomic mass is 79.9. The molecule has 0 bridgehead atoms. The second-order valence-electron chi connectivity index (χ2n) is 5.04. The molecule has 1 heterocycles. The first kappa shape index (κ1) is 14.9. The Bertz CT molecular complexity index is 407. The van der Waals surface area contributed by atoms with Crippen LogP contribution >= 0.6 is 15.9 Å². The van der Waals surface area contributed by atoms with Crippen molar-refractivity contribution in [3.8, 4) is 0 Å². The maximum Gasteiger partial charge on any atom is 0.0914 e. The minimum atomic E-state index is -0.699. The molecule has 1 aliphatic rings. The van der Waals surface area contributed by atoms with E-state index in [2.05, 4.69) is 21.2 Å². The van der Waals surface area contributed by atoms with E-state index in [1.54, 1.807) is 0 Å². The monoisotopic (exact) mass is 329 g/mol. The Morgan fingerprint density at radius 3 is 2.79 bits per heavy atom. The molecule has 4 nitrogen and oxygen atoms in total. The lowest BCUT2D eigenvalue weighted by molar-refractivity contribution is -0.0623. The van der Waals surface area contributed by atoms with Crippen LogP contribution in [0.1, 0.15) is 24.5 Å².